The zero-order valence-electron chi connectivity index (χ0n) is 8.98. The van der Waals surface area contributed by atoms with Crippen LogP contribution in [-0.2, 0) is 11.2 Å². The SMILES string of the molecule is NC(=O)C1Cc2cccc3c2N(CCO3)C1. The van der Waals surface area contributed by atoms with E-state index in [2.05, 4.69) is 11.0 Å². The third kappa shape index (κ3) is 1.33. The van der Waals surface area contributed by atoms with Crippen LogP contribution in [0.15, 0.2) is 18.2 Å². The van der Waals surface area contributed by atoms with E-state index in [0.29, 0.717) is 6.61 Å². The first kappa shape index (κ1) is 9.51. The van der Waals surface area contributed by atoms with E-state index in [0.717, 1.165) is 30.9 Å². The lowest BCUT2D eigenvalue weighted by Gasteiger charge is -2.38. The molecule has 4 heteroatoms. The molecule has 0 bridgehead atoms. The summed E-state index contributed by atoms with van der Waals surface area (Å²) < 4.78 is 5.61. The van der Waals surface area contributed by atoms with Crippen LogP contribution < -0.4 is 15.4 Å². The largest absolute Gasteiger partial charge is 0.490 e. The summed E-state index contributed by atoms with van der Waals surface area (Å²) in [7, 11) is 0. The Morgan fingerprint density at radius 2 is 2.38 bits per heavy atom. The fraction of sp³-hybridized carbons (Fsp3) is 0.417. The Morgan fingerprint density at radius 1 is 1.50 bits per heavy atom. The number of primary amides is 1. The molecule has 2 aliphatic heterocycles. The molecule has 0 aromatic heterocycles. The topological polar surface area (TPSA) is 55.6 Å². The lowest BCUT2D eigenvalue weighted by Crippen LogP contribution is -2.45. The van der Waals surface area contributed by atoms with Crippen molar-refractivity contribution in [1.29, 1.82) is 0 Å². The summed E-state index contributed by atoms with van der Waals surface area (Å²) in [5.41, 5.74) is 7.73. The van der Waals surface area contributed by atoms with Crippen molar-refractivity contribution in [3.63, 3.8) is 0 Å². The number of carbonyl (C=O) groups excluding carboxylic acids is 1. The summed E-state index contributed by atoms with van der Waals surface area (Å²) in [6.07, 6.45) is 0.734. The quantitative estimate of drug-likeness (QED) is 0.748. The molecule has 0 radical (unpaired) electrons. The predicted octanol–water partition coefficient (Wildman–Crippen LogP) is 0.543. The van der Waals surface area contributed by atoms with Crippen LogP contribution >= 0.6 is 0 Å². The Hall–Kier alpha value is -1.71. The van der Waals surface area contributed by atoms with Gasteiger partial charge in [-0.15, -0.1) is 0 Å². The first-order chi connectivity index (χ1) is 7.75. The summed E-state index contributed by atoms with van der Waals surface area (Å²) in [4.78, 5) is 13.5. The Bertz CT molecular complexity index is 445. The predicted molar refractivity (Wildman–Crippen MR) is 60.5 cm³/mol. The number of anilines is 1. The molecule has 84 valence electrons. The van der Waals surface area contributed by atoms with Gasteiger partial charge in [-0.25, -0.2) is 0 Å². The van der Waals surface area contributed by atoms with Gasteiger partial charge >= 0.3 is 0 Å². The van der Waals surface area contributed by atoms with Gasteiger partial charge in [0.1, 0.15) is 12.4 Å². The Balaban J connectivity index is 2.05. The highest BCUT2D eigenvalue weighted by molar-refractivity contribution is 5.80. The molecule has 0 fully saturated rings. The van der Waals surface area contributed by atoms with E-state index in [1.165, 1.54) is 5.56 Å². The normalized spacial score (nSPS) is 22.2. The molecule has 1 aromatic rings. The maximum absolute atomic E-state index is 11.3. The number of ether oxygens (including phenoxy) is 1. The molecule has 1 amide bonds. The number of amides is 1. The second kappa shape index (κ2) is 3.40. The Morgan fingerprint density at radius 3 is 3.19 bits per heavy atom. The van der Waals surface area contributed by atoms with Crippen LogP contribution in [0, 0.1) is 5.92 Å². The average Bonchev–Trinajstić information content (AvgIpc) is 2.29. The highest BCUT2D eigenvalue weighted by Crippen LogP contribution is 2.39. The van der Waals surface area contributed by atoms with Crippen LogP contribution in [0.1, 0.15) is 5.56 Å². The van der Waals surface area contributed by atoms with Crippen LogP contribution in [0.2, 0.25) is 0 Å². The molecule has 1 aromatic carbocycles. The molecule has 3 rings (SSSR count). The lowest BCUT2D eigenvalue weighted by molar-refractivity contribution is -0.121. The molecule has 16 heavy (non-hydrogen) atoms. The summed E-state index contributed by atoms with van der Waals surface area (Å²) in [5.74, 6) is 0.662. The van der Waals surface area contributed by atoms with Crippen LogP contribution in [0.3, 0.4) is 0 Å². The molecule has 2 N–H and O–H groups in total. The monoisotopic (exact) mass is 218 g/mol. The second-order valence-electron chi connectivity index (χ2n) is 4.36. The highest BCUT2D eigenvalue weighted by atomic mass is 16.5. The zero-order chi connectivity index (χ0) is 11.1. The number of rotatable bonds is 1. The van der Waals surface area contributed by atoms with Gasteiger partial charge in [0, 0.05) is 6.54 Å². The number of nitrogens with zero attached hydrogens (tertiary/aromatic N) is 1. The van der Waals surface area contributed by atoms with Crippen molar-refractivity contribution >= 4 is 11.6 Å². The molecule has 1 unspecified atom stereocenters. The minimum absolute atomic E-state index is 0.0687. The van der Waals surface area contributed by atoms with Crippen LogP contribution in [0.25, 0.3) is 0 Å². The molecule has 0 saturated carbocycles. The van der Waals surface area contributed by atoms with Crippen molar-refractivity contribution in [2.45, 2.75) is 6.42 Å². The van der Waals surface area contributed by atoms with Crippen molar-refractivity contribution in [2.24, 2.45) is 11.7 Å². The second-order valence-corrected chi connectivity index (χ2v) is 4.36. The summed E-state index contributed by atoms with van der Waals surface area (Å²) >= 11 is 0. The van der Waals surface area contributed by atoms with E-state index in [4.69, 9.17) is 10.5 Å². The molecule has 4 nitrogen and oxygen atoms in total. The first-order valence-electron chi connectivity index (χ1n) is 5.54. The van der Waals surface area contributed by atoms with Crippen molar-refractivity contribution in [2.75, 3.05) is 24.6 Å². The minimum Gasteiger partial charge on any atom is -0.490 e. The summed E-state index contributed by atoms with van der Waals surface area (Å²) in [6.45, 7) is 2.25. The number of nitrogens with two attached hydrogens (primary N) is 1. The van der Waals surface area contributed by atoms with Gasteiger partial charge in [0.25, 0.3) is 0 Å². The highest BCUT2D eigenvalue weighted by Gasteiger charge is 2.31. The van der Waals surface area contributed by atoms with Gasteiger partial charge in [0.15, 0.2) is 0 Å². The first-order valence-corrected chi connectivity index (χ1v) is 5.54. The summed E-state index contributed by atoms with van der Waals surface area (Å²) in [5, 5.41) is 0. The third-order valence-electron chi connectivity index (χ3n) is 3.33. The van der Waals surface area contributed by atoms with E-state index in [1.807, 2.05) is 12.1 Å². The molecule has 1 atom stereocenters. The maximum atomic E-state index is 11.3. The lowest BCUT2D eigenvalue weighted by atomic mass is 9.91. The molecule has 2 aliphatic rings. The number of para-hydroxylation sites is 1. The van der Waals surface area contributed by atoms with Crippen LogP contribution in [-0.4, -0.2) is 25.6 Å². The van der Waals surface area contributed by atoms with Gasteiger partial charge < -0.3 is 15.4 Å². The number of carbonyl (C=O) groups is 1. The van der Waals surface area contributed by atoms with E-state index < -0.39 is 0 Å². The molecule has 0 aliphatic carbocycles. The van der Waals surface area contributed by atoms with Gasteiger partial charge in [-0.2, -0.15) is 0 Å². The van der Waals surface area contributed by atoms with Gasteiger partial charge in [0.05, 0.1) is 18.2 Å². The third-order valence-corrected chi connectivity index (χ3v) is 3.33. The Kier molecular flexibility index (Phi) is 2.02. The molecule has 2 heterocycles. The van der Waals surface area contributed by atoms with Crippen molar-refractivity contribution in [1.82, 2.24) is 0 Å². The Labute approximate surface area is 94.0 Å². The molecular formula is C12H14N2O2. The standard InChI is InChI=1S/C12H14N2O2/c13-12(15)9-6-8-2-1-3-10-11(8)14(7-9)4-5-16-10/h1-3,9H,4-7H2,(H2,13,15). The van der Waals surface area contributed by atoms with Crippen LogP contribution in [0.5, 0.6) is 5.75 Å². The number of hydrogen-bond acceptors (Lipinski definition) is 3. The van der Waals surface area contributed by atoms with Crippen LogP contribution in [0.4, 0.5) is 5.69 Å². The van der Waals surface area contributed by atoms with Gasteiger partial charge in [-0.3, -0.25) is 4.79 Å². The average molecular weight is 218 g/mol. The fourth-order valence-electron chi connectivity index (χ4n) is 2.55. The number of hydrogen-bond donors (Lipinski definition) is 1. The molecular weight excluding hydrogens is 204 g/mol. The maximum Gasteiger partial charge on any atom is 0.222 e. The molecule has 0 saturated heterocycles. The van der Waals surface area contributed by atoms with Crippen molar-refractivity contribution in [3.8, 4) is 5.75 Å². The smallest absolute Gasteiger partial charge is 0.222 e. The number of benzene rings is 1. The minimum atomic E-state index is -0.206. The zero-order valence-corrected chi connectivity index (χ0v) is 8.98. The molecule has 0 spiro atoms. The van der Waals surface area contributed by atoms with E-state index >= 15 is 0 Å². The van der Waals surface area contributed by atoms with Crippen molar-refractivity contribution < 1.29 is 9.53 Å². The van der Waals surface area contributed by atoms with Gasteiger partial charge in [-0.1, -0.05) is 12.1 Å². The van der Waals surface area contributed by atoms with E-state index in [-0.39, 0.29) is 11.8 Å². The van der Waals surface area contributed by atoms with Crippen molar-refractivity contribution in [3.05, 3.63) is 23.8 Å². The fourth-order valence-corrected chi connectivity index (χ4v) is 2.55. The van der Waals surface area contributed by atoms with E-state index in [9.17, 15) is 4.79 Å². The van der Waals surface area contributed by atoms with Gasteiger partial charge in [0.2, 0.25) is 5.91 Å². The summed E-state index contributed by atoms with van der Waals surface area (Å²) in [6, 6.07) is 6.01. The van der Waals surface area contributed by atoms with Gasteiger partial charge in [-0.05, 0) is 18.1 Å². The van der Waals surface area contributed by atoms with E-state index in [1.54, 1.807) is 0 Å².